The van der Waals surface area contributed by atoms with Gasteiger partial charge < -0.3 is 4.84 Å². The summed E-state index contributed by atoms with van der Waals surface area (Å²) in [7, 11) is 0. The minimum atomic E-state index is -0.860. The highest BCUT2D eigenvalue weighted by atomic mass is 16.7. The molecule has 0 fully saturated rings. The van der Waals surface area contributed by atoms with Crippen LogP contribution in [0.25, 0.3) is 0 Å². The number of hydrogen-bond acceptors (Lipinski definition) is 5. The Hall–Kier alpha value is -1.70. The van der Waals surface area contributed by atoms with E-state index in [-0.39, 0.29) is 0 Å². The molecule has 0 aromatic rings. The molecule has 0 aliphatic heterocycles. The Balaban J connectivity index is 3.70. The van der Waals surface area contributed by atoms with Gasteiger partial charge in [-0.3, -0.25) is 4.79 Å². The van der Waals surface area contributed by atoms with Crippen LogP contribution in [0.2, 0.25) is 0 Å². The SMILES string of the molecule is CC(=O)O/N=C\C(=O)C#N. The maximum atomic E-state index is 10.1. The molecule has 0 amide bonds. The number of Topliss-reactive ketones (excluding diaryl/α,β-unsaturated/α-hetero) is 1. The van der Waals surface area contributed by atoms with Crippen molar-refractivity contribution in [3.63, 3.8) is 0 Å². The minimum Gasteiger partial charge on any atom is -0.318 e. The van der Waals surface area contributed by atoms with Crippen molar-refractivity contribution < 1.29 is 14.4 Å². The Morgan fingerprint density at radius 2 is 2.30 bits per heavy atom. The number of nitrogens with zero attached hydrogens (tertiary/aromatic N) is 2. The summed E-state index contributed by atoms with van der Waals surface area (Å²) in [6.07, 6.45) is 0.626. The van der Waals surface area contributed by atoms with Crippen LogP contribution in [-0.4, -0.2) is 18.0 Å². The van der Waals surface area contributed by atoms with Gasteiger partial charge in [0.05, 0.1) is 0 Å². The molecule has 0 atom stereocenters. The maximum Gasteiger partial charge on any atom is 0.331 e. The van der Waals surface area contributed by atoms with Gasteiger partial charge in [0.15, 0.2) is 0 Å². The van der Waals surface area contributed by atoms with Crippen LogP contribution in [0.3, 0.4) is 0 Å². The molecule has 0 rings (SSSR count). The zero-order valence-electron chi connectivity index (χ0n) is 5.20. The van der Waals surface area contributed by atoms with E-state index in [1.54, 1.807) is 0 Å². The molecule has 0 unspecified atom stereocenters. The normalized spacial score (nSPS) is 8.80. The Morgan fingerprint density at radius 3 is 2.70 bits per heavy atom. The van der Waals surface area contributed by atoms with Gasteiger partial charge >= 0.3 is 5.97 Å². The summed E-state index contributed by atoms with van der Waals surface area (Å²) < 4.78 is 0. The molecule has 0 radical (unpaired) electrons. The lowest BCUT2D eigenvalue weighted by Gasteiger charge is -1.83. The Bertz CT molecular complexity index is 213. The monoisotopic (exact) mass is 140 g/mol. The van der Waals surface area contributed by atoms with Crippen LogP contribution in [0, 0.1) is 11.3 Å². The van der Waals surface area contributed by atoms with Crippen LogP contribution >= 0.6 is 0 Å². The van der Waals surface area contributed by atoms with Gasteiger partial charge in [-0.05, 0) is 0 Å². The quantitative estimate of drug-likeness (QED) is 0.227. The molecule has 0 bridgehead atoms. The van der Waals surface area contributed by atoms with Gasteiger partial charge in [0.2, 0.25) is 0 Å². The molecule has 0 saturated carbocycles. The molecule has 10 heavy (non-hydrogen) atoms. The molecule has 0 heterocycles. The molecule has 0 spiro atoms. The van der Waals surface area contributed by atoms with Crippen molar-refractivity contribution in [1.82, 2.24) is 0 Å². The fourth-order valence-electron chi connectivity index (χ4n) is 0.177. The topological polar surface area (TPSA) is 79.5 Å². The van der Waals surface area contributed by atoms with Gasteiger partial charge in [-0.25, -0.2) is 4.79 Å². The lowest BCUT2D eigenvalue weighted by molar-refractivity contribution is -0.140. The first-order valence-corrected chi connectivity index (χ1v) is 2.32. The van der Waals surface area contributed by atoms with Gasteiger partial charge in [-0.1, -0.05) is 5.16 Å². The first kappa shape index (κ1) is 8.30. The average molecular weight is 140 g/mol. The smallest absolute Gasteiger partial charge is 0.318 e. The second kappa shape index (κ2) is 4.21. The van der Waals surface area contributed by atoms with Crippen molar-refractivity contribution in [3.8, 4) is 6.07 Å². The van der Waals surface area contributed by atoms with E-state index in [0.717, 1.165) is 6.92 Å². The van der Waals surface area contributed by atoms with Crippen molar-refractivity contribution in [2.24, 2.45) is 5.16 Å². The minimum absolute atomic E-state index is 0.626. The summed E-state index contributed by atoms with van der Waals surface area (Å²) in [5, 5.41) is 10.8. The van der Waals surface area contributed by atoms with Crippen molar-refractivity contribution in [2.75, 3.05) is 0 Å². The first-order chi connectivity index (χ1) is 4.66. The summed E-state index contributed by atoms with van der Waals surface area (Å²) >= 11 is 0. The van der Waals surface area contributed by atoms with Gasteiger partial charge in [-0.2, -0.15) is 5.26 Å². The molecular weight excluding hydrogens is 136 g/mol. The Labute approximate surface area is 56.9 Å². The summed E-state index contributed by atoms with van der Waals surface area (Å²) in [4.78, 5) is 24.0. The third kappa shape index (κ3) is 4.46. The number of rotatable bonds is 2. The highest BCUT2D eigenvalue weighted by Gasteiger charge is 1.92. The molecule has 0 aromatic heterocycles. The van der Waals surface area contributed by atoms with E-state index in [4.69, 9.17) is 5.26 Å². The molecule has 0 aromatic carbocycles. The maximum absolute atomic E-state index is 10.1. The van der Waals surface area contributed by atoms with E-state index >= 15 is 0 Å². The van der Waals surface area contributed by atoms with Gasteiger partial charge in [-0.15, -0.1) is 0 Å². The van der Waals surface area contributed by atoms with Crippen LogP contribution in [0.1, 0.15) is 6.92 Å². The van der Waals surface area contributed by atoms with Crippen molar-refractivity contribution >= 4 is 18.0 Å². The van der Waals surface area contributed by atoms with Crippen LogP contribution in [0.15, 0.2) is 5.16 Å². The van der Waals surface area contributed by atoms with Gasteiger partial charge in [0.1, 0.15) is 12.3 Å². The standard InChI is InChI=1S/C5H4N2O3/c1-4(8)10-7-3-5(9)2-6/h3H,1H3/b7-3-. The second-order valence-electron chi connectivity index (χ2n) is 1.29. The molecule has 0 aliphatic carbocycles. The number of ketones is 1. The summed E-state index contributed by atoms with van der Waals surface area (Å²) in [5.41, 5.74) is 0. The largest absolute Gasteiger partial charge is 0.331 e. The Morgan fingerprint density at radius 1 is 1.70 bits per heavy atom. The average Bonchev–Trinajstić information content (AvgIpc) is 1.87. The van der Waals surface area contributed by atoms with E-state index in [9.17, 15) is 9.59 Å². The number of carbonyl (C=O) groups is 2. The first-order valence-electron chi connectivity index (χ1n) is 2.32. The number of nitriles is 1. The molecule has 0 N–H and O–H groups in total. The Kier molecular flexibility index (Phi) is 3.49. The molecule has 0 aliphatic rings. The van der Waals surface area contributed by atoms with E-state index in [0.29, 0.717) is 6.21 Å². The highest BCUT2D eigenvalue weighted by molar-refractivity contribution is 6.34. The van der Waals surface area contributed by atoms with E-state index in [1.807, 2.05) is 0 Å². The zero-order chi connectivity index (χ0) is 7.98. The molecule has 5 heteroatoms. The predicted molar refractivity (Wildman–Crippen MR) is 30.9 cm³/mol. The number of hydrogen-bond donors (Lipinski definition) is 0. The fourth-order valence-corrected chi connectivity index (χ4v) is 0.177. The third-order valence-electron chi connectivity index (χ3n) is 0.461. The summed E-state index contributed by atoms with van der Waals surface area (Å²) in [5.74, 6) is -1.50. The van der Waals surface area contributed by atoms with Crippen molar-refractivity contribution in [3.05, 3.63) is 0 Å². The van der Waals surface area contributed by atoms with Gasteiger partial charge in [0.25, 0.3) is 5.78 Å². The second-order valence-corrected chi connectivity index (χ2v) is 1.29. The van der Waals surface area contributed by atoms with Crippen LogP contribution in [0.5, 0.6) is 0 Å². The number of oxime groups is 1. The van der Waals surface area contributed by atoms with Gasteiger partial charge in [0, 0.05) is 6.92 Å². The zero-order valence-corrected chi connectivity index (χ0v) is 5.20. The summed E-state index contributed by atoms with van der Waals surface area (Å²) in [6.45, 7) is 1.13. The highest BCUT2D eigenvalue weighted by Crippen LogP contribution is 1.74. The predicted octanol–water partition coefficient (Wildman–Crippen LogP) is -0.372. The number of carbonyl (C=O) groups excluding carboxylic acids is 2. The lowest BCUT2D eigenvalue weighted by atomic mass is 10.5. The van der Waals surface area contributed by atoms with Crippen LogP contribution in [0.4, 0.5) is 0 Å². The van der Waals surface area contributed by atoms with E-state index in [1.165, 1.54) is 6.07 Å². The molecule has 0 saturated heterocycles. The van der Waals surface area contributed by atoms with Crippen LogP contribution < -0.4 is 0 Å². The molecular formula is C5H4N2O3. The van der Waals surface area contributed by atoms with Crippen LogP contribution in [-0.2, 0) is 14.4 Å². The van der Waals surface area contributed by atoms with Crippen molar-refractivity contribution in [1.29, 1.82) is 5.26 Å². The lowest BCUT2D eigenvalue weighted by Crippen LogP contribution is -1.97. The molecule has 52 valence electrons. The fraction of sp³-hybridized carbons (Fsp3) is 0.200. The van der Waals surface area contributed by atoms with Crippen molar-refractivity contribution in [2.45, 2.75) is 6.92 Å². The molecule has 5 nitrogen and oxygen atoms in total. The van der Waals surface area contributed by atoms with E-state index < -0.39 is 11.8 Å². The third-order valence-corrected chi connectivity index (χ3v) is 0.461. The van der Waals surface area contributed by atoms with E-state index in [2.05, 4.69) is 9.99 Å². The summed E-state index contributed by atoms with van der Waals surface area (Å²) in [6, 6.07) is 1.26.